The van der Waals surface area contributed by atoms with E-state index in [1.165, 1.54) is 0 Å². The van der Waals surface area contributed by atoms with Crippen molar-refractivity contribution in [1.29, 1.82) is 0 Å². The van der Waals surface area contributed by atoms with Crippen LogP contribution in [-0.2, 0) is 9.57 Å². The maximum Gasteiger partial charge on any atom is 0.411 e. The number of hydrogen-bond acceptors (Lipinski definition) is 4. The number of alkyl carbamates (subject to hydrolysis) is 1. The van der Waals surface area contributed by atoms with Crippen molar-refractivity contribution in [1.82, 2.24) is 10.8 Å². The highest BCUT2D eigenvalue weighted by molar-refractivity contribution is 5.69. The molecule has 0 bridgehead atoms. The first-order valence-corrected chi connectivity index (χ1v) is 4.77. The Morgan fingerprint density at radius 2 is 1.73 bits per heavy atom. The first-order chi connectivity index (χ1) is 6.76. The minimum atomic E-state index is -0.498. The molecule has 0 saturated carbocycles. The van der Waals surface area contributed by atoms with Crippen LogP contribution in [0.5, 0.6) is 0 Å². The quantitative estimate of drug-likeness (QED) is 0.559. The highest BCUT2D eigenvalue weighted by Crippen LogP contribution is 2.08. The molecule has 2 N–H and O–H groups in total. The number of carbonyl (C=O) groups is 1. The van der Waals surface area contributed by atoms with Gasteiger partial charge in [-0.05, 0) is 34.6 Å². The Morgan fingerprint density at radius 1 is 1.20 bits per heavy atom. The minimum Gasteiger partial charge on any atom is -0.444 e. The van der Waals surface area contributed by atoms with Crippen molar-refractivity contribution < 1.29 is 14.4 Å². The number of hydrogen-bond donors (Lipinski definition) is 2. The summed E-state index contributed by atoms with van der Waals surface area (Å²) in [5.74, 6) is 0.586. The van der Waals surface area contributed by atoms with Gasteiger partial charge in [-0.15, -0.1) is 0 Å². The van der Waals surface area contributed by atoms with Gasteiger partial charge in [0.2, 0.25) is 0 Å². The average Bonchev–Trinajstić information content (AvgIpc) is 2.00. The van der Waals surface area contributed by atoms with Crippen molar-refractivity contribution in [2.75, 3.05) is 7.05 Å². The summed E-state index contributed by atoms with van der Waals surface area (Å²) in [5.41, 5.74) is 2.63. The van der Waals surface area contributed by atoms with E-state index in [9.17, 15) is 4.79 Å². The fraction of sp³-hybridized carbons (Fsp3) is 0.700. The number of allylic oxidation sites excluding steroid dienone is 2. The lowest BCUT2D eigenvalue weighted by Gasteiger charge is -2.20. The number of rotatable bonds is 3. The smallest absolute Gasteiger partial charge is 0.411 e. The van der Waals surface area contributed by atoms with E-state index in [4.69, 9.17) is 9.57 Å². The van der Waals surface area contributed by atoms with Crippen LogP contribution in [0.3, 0.4) is 0 Å². The Kier molecular flexibility index (Phi) is 5.14. The molecule has 0 aliphatic rings. The lowest BCUT2D eigenvalue weighted by atomic mass is 10.2. The van der Waals surface area contributed by atoms with Crippen LogP contribution in [0.2, 0.25) is 0 Å². The van der Waals surface area contributed by atoms with Crippen LogP contribution in [0.1, 0.15) is 34.6 Å². The van der Waals surface area contributed by atoms with Gasteiger partial charge < -0.3 is 9.57 Å². The fourth-order valence-electron chi connectivity index (χ4n) is 0.774. The zero-order valence-corrected chi connectivity index (χ0v) is 10.2. The van der Waals surface area contributed by atoms with E-state index in [-0.39, 0.29) is 0 Å². The first kappa shape index (κ1) is 13.8. The summed E-state index contributed by atoms with van der Waals surface area (Å²) in [7, 11) is 1.64. The molecule has 0 radical (unpaired) electrons. The molecule has 0 aromatic heterocycles. The van der Waals surface area contributed by atoms with E-state index in [0.29, 0.717) is 11.5 Å². The second-order valence-corrected chi connectivity index (χ2v) is 4.11. The molecule has 15 heavy (non-hydrogen) atoms. The van der Waals surface area contributed by atoms with Crippen molar-refractivity contribution in [3.05, 3.63) is 11.5 Å². The Morgan fingerprint density at radius 3 is 2.13 bits per heavy atom. The Balaban J connectivity index is 4.24. The van der Waals surface area contributed by atoms with E-state index in [1.54, 1.807) is 20.9 Å². The van der Waals surface area contributed by atoms with E-state index in [0.717, 1.165) is 0 Å². The van der Waals surface area contributed by atoms with Gasteiger partial charge in [0.1, 0.15) is 11.4 Å². The molecule has 0 atom stereocenters. The normalized spacial score (nSPS) is 12.9. The van der Waals surface area contributed by atoms with Crippen LogP contribution in [0, 0.1) is 0 Å². The molecule has 0 fully saturated rings. The monoisotopic (exact) mass is 216 g/mol. The summed E-state index contributed by atoms with van der Waals surface area (Å²) in [5, 5.41) is 2.57. The van der Waals surface area contributed by atoms with Gasteiger partial charge in [0.25, 0.3) is 0 Å². The van der Waals surface area contributed by atoms with Crippen LogP contribution in [0.25, 0.3) is 0 Å². The zero-order chi connectivity index (χ0) is 12.1. The topological polar surface area (TPSA) is 59.6 Å². The van der Waals surface area contributed by atoms with E-state index < -0.39 is 11.7 Å². The van der Waals surface area contributed by atoms with Crippen molar-refractivity contribution in [2.24, 2.45) is 0 Å². The zero-order valence-electron chi connectivity index (χ0n) is 10.2. The molecule has 5 heteroatoms. The highest BCUT2D eigenvalue weighted by Gasteiger charge is 2.16. The third-order valence-electron chi connectivity index (χ3n) is 1.47. The van der Waals surface area contributed by atoms with Gasteiger partial charge in [0.15, 0.2) is 0 Å². The maximum atomic E-state index is 11.3. The third-order valence-corrected chi connectivity index (χ3v) is 1.47. The van der Waals surface area contributed by atoms with Gasteiger partial charge in [-0.3, -0.25) is 5.32 Å². The van der Waals surface area contributed by atoms with Crippen molar-refractivity contribution in [3.8, 4) is 0 Å². The highest BCUT2D eigenvalue weighted by atomic mass is 16.6. The van der Waals surface area contributed by atoms with Crippen LogP contribution in [-0.4, -0.2) is 18.7 Å². The Hall–Kier alpha value is -1.23. The molecule has 0 aliphatic heterocycles. The molecule has 0 unspecified atom stereocenters. The molecule has 0 spiro atoms. The number of hydroxylamine groups is 1. The second-order valence-electron chi connectivity index (χ2n) is 4.11. The number of ether oxygens (including phenoxy) is 1. The fourth-order valence-corrected chi connectivity index (χ4v) is 0.774. The van der Waals surface area contributed by atoms with Gasteiger partial charge in [0.05, 0.1) is 5.70 Å². The van der Waals surface area contributed by atoms with Crippen LogP contribution in [0.15, 0.2) is 11.5 Å². The molecule has 0 saturated heterocycles. The SMILES string of the molecule is CNO/C(C)=C(\C)NC(=O)OC(C)(C)C. The first-order valence-electron chi connectivity index (χ1n) is 4.77. The molecule has 88 valence electrons. The predicted octanol–water partition coefficient (Wildman–Crippen LogP) is 1.91. The minimum absolute atomic E-state index is 0.487. The summed E-state index contributed by atoms with van der Waals surface area (Å²) >= 11 is 0. The van der Waals surface area contributed by atoms with E-state index in [2.05, 4.69) is 10.8 Å². The number of nitrogens with one attached hydrogen (secondary N) is 2. The summed E-state index contributed by atoms with van der Waals surface area (Å²) in [6, 6.07) is 0. The summed E-state index contributed by atoms with van der Waals surface area (Å²) < 4.78 is 5.08. The van der Waals surface area contributed by atoms with E-state index >= 15 is 0 Å². The molecule has 0 aromatic rings. The molecule has 0 rings (SSSR count). The number of carbonyl (C=O) groups excluding carboxylic acids is 1. The van der Waals surface area contributed by atoms with Gasteiger partial charge >= 0.3 is 6.09 Å². The standard InChI is InChI=1S/C10H20N2O3/c1-7(8(2)15-11-6)12-9(13)14-10(3,4)5/h11H,1-6H3,(H,12,13)/b8-7+. The Bertz CT molecular complexity index is 254. The molecule has 0 heterocycles. The summed E-state index contributed by atoms with van der Waals surface area (Å²) in [6.45, 7) is 8.90. The summed E-state index contributed by atoms with van der Waals surface area (Å²) in [6.07, 6.45) is -0.487. The van der Waals surface area contributed by atoms with Crippen LogP contribution < -0.4 is 10.8 Å². The lowest BCUT2D eigenvalue weighted by molar-refractivity contribution is 0.0536. The largest absolute Gasteiger partial charge is 0.444 e. The second kappa shape index (κ2) is 5.60. The maximum absolute atomic E-state index is 11.3. The predicted molar refractivity (Wildman–Crippen MR) is 57.9 cm³/mol. The lowest BCUT2D eigenvalue weighted by Crippen LogP contribution is -2.32. The van der Waals surface area contributed by atoms with Gasteiger partial charge in [-0.1, -0.05) is 0 Å². The van der Waals surface area contributed by atoms with Gasteiger partial charge in [0, 0.05) is 7.05 Å². The third kappa shape index (κ3) is 6.79. The van der Waals surface area contributed by atoms with E-state index in [1.807, 2.05) is 20.8 Å². The molecule has 0 aliphatic carbocycles. The number of amides is 1. The van der Waals surface area contributed by atoms with Crippen LogP contribution in [0.4, 0.5) is 4.79 Å². The molecule has 5 nitrogen and oxygen atoms in total. The Labute approximate surface area is 90.8 Å². The van der Waals surface area contributed by atoms with Crippen molar-refractivity contribution in [3.63, 3.8) is 0 Å². The van der Waals surface area contributed by atoms with Gasteiger partial charge in [-0.2, -0.15) is 5.48 Å². The molecule has 1 amide bonds. The molecule has 0 aromatic carbocycles. The summed E-state index contributed by atoms with van der Waals surface area (Å²) in [4.78, 5) is 16.3. The molecular weight excluding hydrogens is 196 g/mol. The van der Waals surface area contributed by atoms with Crippen molar-refractivity contribution in [2.45, 2.75) is 40.2 Å². The van der Waals surface area contributed by atoms with Gasteiger partial charge in [-0.25, -0.2) is 4.79 Å². The molecular formula is C10H20N2O3. The van der Waals surface area contributed by atoms with Crippen molar-refractivity contribution >= 4 is 6.09 Å². The van der Waals surface area contributed by atoms with Crippen LogP contribution >= 0.6 is 0 Å². The average molecular weight is 216 g/mol.